The van der Waals surface area contributed by atoms with Crippen molar-refractivity contribution < 1.29 is 9.90 Å². The van der Waals surface area contributed by atoms with Crippen LogP contribution in [0.1, 0.15) is 23.7 Å². The van der Waals surface area contributed by atoms with Gasteiger partial charge in [0.15, 0.2) is 0 Å². The topological polar surface area (TPSA) is 55.1 Å². The second-order valence-corrected chi connectivity index (χ2v) is 4.52. The van der Waals surface area contributed by atoms with Crippen molar-refractivity contribution in [3.8, 4) is 5.69 Å². The molecule has 1 N–H and O–H groups in total. The molecule has 0 fully saturated rings. The second-order valence-electron chi connectivity index (χ2n) is 4.52. The fraction of sp³-hybridized carbons (Fsp3) is 0.200. The minimum Gasteiger partial charge on any atom is -0.478 e. The lowest BCUT2D eigenvalue weighted by atomic mass is 10.1. The predicted molar refractivity (Wildman–Crippen MR) is 74.3 cm³/mol. The third kappa shape index (κ3) is 2.57. The summed E-state index contributed by atoms with van der Waals surface area (Å²) < 4.78 is 1.83. The molecule has 1 aromatic heterocycles. The van der Waals surface area contributed by atoms with Gasteiger partial charge in [0.2, 0.25) is 0 Å². The fourth-order valence-electron chi connectivity index (χ4n) is 1.90. The van der Waals surface area contributed by atoms with E-state index in [1.165, 1.54) is 0 Å². The van der Waals surface area contributed by atoms with Crippen molar-refractivity contribution in [2.45, 2.75) is 20.8 Å². The number of rotatable bonds is 3. The zero-order chi connectivity index (χ0) is 14.0. The lowest BCUT2D eigenvalue weighted by molar-refractivity contribution is -0.132. The van der Waals surface area contributed by atoms with Gasteiger partial charge in [-0.05, 0) is 38.5 Å². The van der Waals surface area contributed by atoms with Gasteiger partial charge in [0.05, 0.1) is 11.9 Å². The number of para-hydroxylation sites is 1. The summed E-state index contributed by atoms with van der Waals surface area (Å²) >= 11 is 0. The van der Waals surface area contributed by atoms with Crippen molar-refractivity contribution in [2.75, 3.05) is 0 Å². The highest BCUT2D eigenvalue weighted by atomic mass is 16.4. The van der Waals surface area contributed by atoms with Gasteiger partial charge >= 0.3 is 5.97 Å². The minimum absolute atomic E-state index is 0.299. The second kappa shape index (κ2) is 5.10. The minimum atomic E-state index is -0.914. The lowest BCUT2D eigenvalue weighted by Gasteiger charge is -2.07. The maximum atomic E-state index is 10.9. The van der Waals surface area contributed by atoms with E-state index in [0.717, 1.165) is 22.5 Å². The fourth-order valence-corrected chi connectivity index (χ4v) is 1.90. The molecule has 4 heteroatoms. The summed E-state index contributed by atoms with van der Waals surface area (Å²) in [6.45, 7) is 5.53. The molecule has 98 valence electrons. The standard InChI is InChI=1S/C15H16N2O2/c1-10-6-4-5-7-14(10)17-12(3)13(9-16-17)8-11(2)15(18)19/h4-9H,1-3H3,(H,18,19)/b11-8+. The van der Waals surface area contributed by atoms with E-state index in [4.69, 9.17) is 5.11 Å². The van der Waals surface area contributed by atoms with Crippen LogP contribution in [-0.4, -0.2) is 20.9 Å². The van der Waals surface area contributed by atoms with Gasteiger partial charge in [0.25, 0.3) is 0 Å². The largest absolute Gasteiger partial charge is 0.478 e. The molecule has 0 atom stereocenters. The summed E-state index contributed by atoms with van der Waals surface area (Å²) in [5, 5.41) is 13.2. The number of hydrogen-bond donors (Lipinski definition) is 1. The monoisotopic (exact) mass is 256 g/mol. The predicted octanol–water partition coefficient (Wildman–Crippen LogP) is 2.98. The van der Waals surface area contributed by atoms with Gasteiger partial charge in [-0.2, -0.15) is 5.10 Å². The maximum absolute atomic E-state index is 10.9. The number of carboxylic acids is 1. The highest BCUT2D eigenvalue weighted by Crippen LogP contribution is 2.19. The van der Waals surface area contributed by atoms with Gasteiger partial charge in [-0.1, -0.05) is 18.2 Å². The number of aryl methyl sites for hydroxylation is 1. The van der Waals surface area contributed by atoms with Crippen LogP contribution in [0.5, 0.6) is 0 Å². The van der Waals surface area contributed by atoms with Crippen molar-refractivity contribution >= 4 is 12.0 Å². The molecule has 0 saturated heterocycles. The first-order chi connectivity index (χ1) is 9.00. The summed E-state index contributed by atoms with van der Waals surface area (Å²) in [6, 6.07) is 7.95. The number of benzene rings is 1. The number of nitrogens with zero attached hydrogens (tertiary/aromatic N) is 2. The Bertz CT molecular complexity index is 654. The van der Waals surface area contributed by atoms with Crippen molar-refractivity contribution in [3.05, 3.63) is 52.9 Å². The van der Waals surface area contributed by atoms with Gasteiger partial charge in [0.1, 0.15) is 0 Å². The lowest BCUT2D eigenvalue weighted by Crippen LogP contribution is -2.01. The number of aromatic nitrogens is 2. The Labute approximate surface area is 112 Å². The van der Waals surface area contributed by atoms with Crippen molar-refractivity contribution in [1.29, 1.82) is 0 Å². The normalized spacial score (nSPS) is 11.6. The molecule has 0 aliphatic carbocycles. The Kier molecular flexibility index (Phi) is 3.51. The first kappa shape index (κ1) is 13.1. The van der Waals surface area contributed by atoms with Crippen molar-refractivity contribution in [2.24, 2.45) is 0 Å². The molecular weight excluding hydrogens is 240 g/mol. The Hall–Kier alpha value is -2.36. The first-order valence-electron chi connectivity index (χ1n) is 6.03. The van der Waals surface area contributed by atoms with Crippen molar-refractivity contribution in [3.63, 3.8) is 0 Å². The zero-order valence-electron chi connectivity index (χ0n) is 11.2. The summed E-state index contributed by atoms with van der Waals surface area (Å²) in [5.74, 6) is -0.914. The average Bonchev–Trinajstić information content (AvgIpc) is 2.72. The molecule has 0 radical (unpaired) electrons. The number of hydrogen-bond acceptors (Lipinski definition) is 2. The van der Waals surface area contributed by atoms with E-state index in [-0.39, 0.29) is 0 Å². The van der Waals surface area contributed by atoms with Crippen molar-refractivity contribution in [1.82, 2.24) is 9.78 Å². The number of aliphatic carboxylic acids is 1. The SMILES string of the molecule is C/C(=C\c1cnn(-c2ccccc2C)c1C)C(=O)O. The van der Waals surface area contributed by atoms with E-state index in [1.807, 2.05) is 42.8 Å². The Morgan fingerprint density at radius 3 is 2.63 bits per heavy atom. The molecular formula is C15H16N2O2. The van der Waals surface area contributed by atoms with Crippen LogP contribution < -0.4 is 0 Å². The molecule has 0 amide bonds. The molecule has 0 spiro atoms. The molecule has 19 heavy (non-hydrogen) atoms. The molecule has 0 bridgehead atoms. The molecule has 0 aliphatic heterocycles. The Balaban J connectivity index is 2.48. The third-order valence-corrected chi connectivity index (χ3v) is 3.10. The molecule has 0 saturated carbocycles. The molecule has 1 heterocycles. The van der Waals surface area contributed by atoms with Gasteiger partial charge in [-0.25, -0.2) is 9.48 Å². The van der Waals surface area contributed by atoms with Gasteiger partial charge in [0, 0.05) is 16.8 Å². The van der Waals surface area contributed by atoms with Crippen LogP contribution in [0.3, 0.4) is 0 Å². The summed E-state index contributed by atoms with van der Waals surface area (Å²) in [7, 11) is 0. The van der Waals surface area contributed by atoms with E-state index in [9.17, 15) is 4.79 Å². The number of carbonyl (C=O) groups is 1. The average molecular weight is 256 g/mol. The van der Waals surface area contributed by atoms with E-state index >= 15 is 0 Å². The molecule has 2 rings (SSSR count). The van der Waals surface area contributed by atoms with E-state index < -0.39 is 5.97 Å². The maximum Gasteiger partial charge on any atom is 0.331 e. The highest BCUT2D eigenvalue weighted by molar-refractivity contribution is 5.91. The van der Waals surface area contributed by atoms with E-state index in [0.29, 0.717) is 5.57 Å². The summed E-state index contributed by atoms with van der Waals surface area (Å²) in [5.41, 5.74) is 4.18. The molecule has 0 unspecified atom stereocenters. The van der Waals surface area contributed by atoms with E-state index in [1.54, 1.807) is 19.2 Å². The van der Waals surface area contributed by atoms with Crippen LogP contribution in [0.2, 0.25) is 0 Å². The summed E-state index contributed by atoms with van der Waals surface area (Å²) in [6.07, 6.45) is 3.33. The first-order valence-corrected chi connectivity index (χ1v) is 6.03. The van der Waals surface area contributed by atoms with Gasteiger partial charge in [-0.15, -0.1) is 0 Å². The Morgan fingerprint density at radius 1 is 1.32 bits per heavy atom. The van der Waals surface area contributed by atoms with Crippen LogP contribution >= 0.6 is 0 Å². The highest BCUT2D eigenvalue weighted by Gasteiger charge is 2.09. The molecule has 1 aromatic carbocycles. The van der Waals surface area contributed by atoms with Crippen LogP contribution in [-0.2, 0) is 4.79 Å². The van der Waals surface area contributed by atoms with Gasteiger partial charge in [-0.3, -0.25) is 0 Å². The third-order valence-electron chi connectivity index (χ3n) is 3.10. The van der Waals surface area contributed by atoms with Crippen LogP contribution in [0.15, 0.2) is 36.0 Å². The zero-order valence-corrected chi connectivity index (χ0v) is 11.2. The smallest absolute Gasteiger partial charge is 0.331 e. The molecule has 0 aliphatic rings. The summed E-state index contributed by atoms with van der Waals surface area (Å²) in [4.78, 5) is 10.9. The van der Waals surface area contributed by atoms with Gasteiger partial charge < -0.3 is 5.11 Å². The van der Waals surface area contributed by atoms with Crippen LogP contribution in [0, 0.1) is 13.8 Å². The Morgan fingerprint density at radius 2 is 2.00 bits per heavy atom. The van der Waals surface area contributed by atoms with Crippen LogP contribution in [0.4, 0.5) is 0 Å². The molecule has 2 aromatic rings. The quantitative estimate of drug-likeness (QED) is 0.859. The van der Waals surface area contributed by atoms with Crippen LogP contribution in [0.25, 0.3) is 11.8 Å². The number of carboxylic acid groups (broad SMARTS) is 1. The molecule has 4 nitrogen and oxygen atoms in total. The van der Waals surface area contributed by atoms with E-state index in [2.05, 4.69) is 5.10 Å².